The summed E-state index contributed by atoms with van der Waals surface area (Å²) in [7, 11) is 0. The van der Waals surface area contributed by atoms with Crippen LogP contribution in [0.4, 0.5) is 0 Å². The Labute approximate surface area is 85.2 Å². The van der Waals surface area contributed by atoms with Crippen molar-refractivity contribution >= 4 is 32.8 Å². The van der Waals surface area contributed by atoms with Crippen LogP contribution in [0.3, 0.4) is 0 Å². The van der Waals surface area contributed by atoms with Crippen molar-refractivity contribution in [3.63, 3.8) is 0 Å². The van der Waals surface area contributed by atoms with Crippen LogP contribution in [0.2, 0.25) is 0 Å². The Balaban J connectivity index is 2.84. The van der Waals surface area contributed by atoms with Crippen molar-refractivity contribution in [1.82, 2.24) is 4.98 Å². The molecule has 0 saturated carbocycles. The summed E-state index contributed by atoms with van der Waals surface area (Å²) in [6.07, 6.45) is 3.57. The maximum atomic E-state index is 4.22. The predicted octanol–water partition coefficient (Wildman–Crippen LogP) is 3.64. The molecule has 0 saturated heterocycles. The molecule has 13 heavy (non-hydrogen) atoms. The Hall–Kier alpha value is -1.15. The molecule has 0 radical (unpaired) electrons. The lowest BCUT2D eigenvalue weighted by molar-refractivity contribution is 1.33. The van der Waals surface area contributed by atoms with Crippen molar-refractivity contribution < 1.29 is 0 Å². The SMILES string of the molecule is C=Cc1nccc2cc(Br)ccc12. The Morgan fingerprint density at radius 1 is 1.31 bits per heavy atom. The number of rotatable bonds is 1. The van der Waals surface area contributed by atoms with Crippen molar-refractivity contribution in [1.29, 1.82) is 0 Å². The Bertz CT molecular complexity index is 463. The van der Waals surface area contributed by atoms with Crippen LogP contribution in [-0.2, 0) is 0 Å². The molecule has 0 N–H and O–H groups in total. The first-order valence-corrected chi connectivity index (χ1v) is 4.77. The molecule has 0 aliphatic heterocycles. The van der Waals surface area contributed by atoms with Gasteiger partial charge in [-0.3, -0.25) is 4.98 Å². The summed E-state index contributed by atoms with van der Waals surface area (Å²) in [5, 5.41) is 2.32. The molecule has 0 amide bonds. The number of fused-ring (bicyclic) bond motifs is 1. The molecule has 2 aromatic rings. The Morgan fingerprint density at radius 3 is 2.92 bits per heavy atom. The van der Waals surface area contributed by atoms with Gasteiger partial charge in [0.05, 0.1) is 5.69 Å². The van der Waals surface area contributed by atoms with Gasteiger partial charge in [0.1, 0.15) is 0 Å². The van der Waals surface area contributed by atoms with E-state index in [-0.39, 0.29) is 0 Å². The largest absolute Gasteiger partial charge is 0.256 e. The predicted molar refractivity (Wildman–Crippen MR) is 59.5 cm³/mol. The molecule has 1 aromatic heterocycles. The van der Waals surface area contributed by atoms with Gasteiger partial charge in [0.15, 0.2) is 0 Å². The second-order valence-electron chi connectivity index (χ2n) is 2.77. The minimum atomic E-state index is 0.935. The number of pyridine rings is 1. The van der Waals surface area contributed by atoms with Crippen LogP contribution in [-0.4, -0.2) is 4.98 Å². The fourth-order valence-electron chi connectivity index (χ4n) is 1.33. The lowest BCUT2D eigenvalue weighted by Crippen LogP contribution is -1.82. The van der Waals surface area contributed by atoms with Gasteiger partial charge in [-0.1, -0.05) is 28.6 Å². The van der Waals surface area contributed by atoms with E-state index in [1.807, 2.05) is 18.2 Å². The third kappa shape index (κ3) is 1.49. The summed E-state index contributed by atoms with van der Waals surface area (Å²) in [5.74, 6) is 0. The molecule has 0 atom stereocenters. The van der Waals surface area contributed by atoms with E-state index in [2.05, 4.69) is 33.6 Å². The minimum absolute atomic E-state index is 0.935. The first kappa shape index (κ1) is 8.45. The number of hydrogen-bond donors (Lipinski definition) is 0. The van der Waals surface area contributed by atoms with Crippen molar-refractivity contribution in [2.45, 2.75) is 0 Å². The van der Waals surface area contributed by atoms with Crippen LogP contribution in [0.5, 0.6) is 0 Å². The maximum absolute atomic E-state index is 4.22. The van der Waals surface area contributed by atoms with Crippen LogP contribution in [0.25, 0.3) is 16.8 Å². The summed E-state index contributed by atoms with van der Waals surface area (Å²) in [6.45, 7) is 3.73. The number of aromatic nitrogens is 1. The van der Waals surface area contributed by atoms with Crippen LogP contribution >= 0.6 is 15.9 Å². The topological polar surface area (TPSA) is 12.9 Å². The van der Waals surface area contributed by atoms with E-state index in [1.54, 1.807) is 12.3 Å². The van der Waals surface area contributed by atoms with Gasteiger partial charge < -0.3 is 0 Å². The van der Waals surface area contributed by atoms with E-state index in [0.29, 0.717) is 0 Å². The van der Waals surface area contributed by atoms with Gasteiger partial charge in [-0.15, -0.1) is 0 Å². The highest BCUT2D eigenvalue weighted by Crippen LogP contribution is 2.21. The summed E-state index contributed by atoms with van der Waals surface area (Å²) < 4.78 is 1.08. The molecule has 0 bridgehead atoms. The second kappa shape index (κ2) is 3.30. The van der Waals surface area contributed by atoms with E-state index >= 15 is 0 Å². The highest BCUT2D eigenvalue weighted by Gasteiger charge is 1.98. The summed E-state index contributed by atoms with van der Waals surface area (Å²) in [4.78, 5) is 4.22. The van der Waals surface area contributed by atoms with E-state index in [4.69, 9.17) is 0 Å². The zero-order valence-electron chi connectivity index (χ0n) is 7.00. The molecule has 0 aliphatic rings. The number of hydrogen-bond acceptors (Lipinski definition) is 1. The van der Waals surface area contributed by atoms with Crippen molar-refractivity contribution in [3.05, 3.63) is 47.2 Å². The fraction of sp³-hybridized carbons (Fsp3) is 0. The highest BCUT2D eigenvalue weighted by molar-refractivity contribution is 9.10. The van der Waals surface area contributed by atoms with E-state index in [9.17, 15) is 0 Å². The average Bonchev–Trinajstić information content (AvgIpc) is 2.16. The standard InChI is InChI=1S/C11H8BrN/c1-2-11-10-4-3-9(12)7-8(10)5-6-13-11/h2-7H,1H2. The molecular weight excluding hydrogens is 226 g/mol. The average molecular weight is 234 g/mol. The normalized spacial score (nSPS) is 10.2. The van der Waals surface area contributed by atoms with Gasteiger partial charge in [0.25, 0.3) is 0 Å². The molecule has 1 nitrogen and oxygen atoms in total. The third-order valence-corrected chi connectivity index (χ3v) is 2.44. The number of nitrogens with zero attached hydrogens (tertiary/aromatic N) is 1. The Kier molecular flexibility index (Phi) is 2.15. The molecule has 0 aliphatic carbocycles. The van der Waals surface area contributed by atoms with E-state index in [0.717, 1.165) is 15.6 Å². The molecule has 1 aromatic carbocycles. The number of halogens is 1. The van der Waals surface area contributed by atoms with E-state index < -0.39 is 0 Å². The number of benzene rings is 1. The van der Waals surface area contributed by atoms with Gasteiger partial charge in [0, 0.05) is 16.1 Å². The summed E-state index contributed by atoms with van der Waals surface area (Å²) in [6, 6.07) is 8.12. The monoisotopic (exact) mass is 233 g/mol. The maximum Gasteiger partial charge on any atom is 0.0702 e. The van der Waals surface area contributed by atoms with Gasteiger partial charge in [-0.05, 0) is 29.7 Å². The molecule has 1 heterocycles. The van der Waals surface area contributed by atoms with Gasteiger partial charge in [-0.2, -0.15) is 0 Å². The quantitative estimate of drug-likeness (QED) is 0.733. The van der Waals surface area contributed by atoms with Crippen molar-refractivity contribution in [2.75, 3.05) is 0 Å². The highest BCUT2D eigenvalue weighted by atomic mass is 79.9. The first-order valence-electron chi connectivity index (χ1n) is 3.98. The fourth-order valence-corrected chi connectivity index (χ4v) is 1.71. The van der Waals surface area contributed by atoms with Crippen LogP contribution < -0.4 is 0 Å². The first-order chi connectivity index (χ1) is 6.31. The van der Waals surface area contributed by atoms with Crippen LogP contribution in [0, 0.1) is 0 Å². The van der Waals surface area contributed by atoms with Gasteiger partial charge in [-0.25, -0.2) is 0 Å². The molecule has 64 valence electrons. The molecule has 2 rings (SSSR count). The van der Waals surface area contributed by atoms with Crippen molar-refractivity contribution in [3.8, 4) is 0 Å². The van der Waals surface area contributed by atoms with Crippen molar-refractivity contribution in [2.24, 2.45) is 0 Å². The lowest BCUT2D eigenvalue weighted by Gasteiger charge is -2.00. The van der Waals surface area contributed by atoms with Gasteiger partial charge >= 0.3 is 0 Å². The van der Waals surface area contributed by atoms with Gasteiger partial charge in [0.2, 0.25) is 0 Å². The zero-order chi connectivity index (χ0) is 9.26. The molecule has 0 unspecified atom stereocenters. The second-order valence-corrected chi connectivity index (χ2v) is 3.68. The molecule has 0 fully saturated rings. The van der Waals surface area contributed by atoms with Crippen LogP contribution in [0.15, 0.2) is 41.5 Å². The Morgan fingerprint density at radius 2 is 2.15 bits per heavy atom. The van der Waals surface area contributed by atoms with Crippen LogP contribution in [0.1, 0.15) is 5.69 Å². The zero-order valence-corrected chi connectivity index (χ0v) is 8.58. The molecular formula is C11H8BrN. The minimum Gasteiger partial charge on any atom is -0.256 e. The molecule has 0 spiro atoms. The summed E-state index contributed by atoms with van der Waals surface area (Å²) >= 11 is 3.43. The lowest BCUT2D eigenvalue weighted by atomic mass is 10.1. The molecule has 2 heteroatoms. The summed E-state index contributed by atoms with van der Waals surface area (Å²) in [5.41, 5.74) is 0.935. The van der Waals surface area contributed by atoms with E-state index in [1.165, 1.54) is 5.39 Å². The smallest absolute Gasteiger partial charge is 0.0702 e. The third-order valence-electron chi connectivity index (χ3n) is 1.95.